The van der Waals surface area contributed by atoms with E-state index >= 15 is 0 Å². The van der Waals surface area contributed by atoms with Crippen LogP contribution in [0.5, 0.6) is 0 Å². The number of carbonyl (C=O) groups excluding carboxylic acids is 1. The van der Waals surface area contributed by atoms with Crippen LogP contribution in [0.25, 0.3) is 0 Å². The van der Waals surface area contributed by atoms with Gasteiger partial charge in [-0.05, 0) is 36.8 Å². The Labute approximate surface area is 122 Å². The smallest absolute Gasteiger partial charge is 0.335 e. The van der Waals surface area contributed by atoms with Gasteiger partial charge in [0, 0.05) is 11.6 Å². The Morgan fingerprint density at radius 1 is 1.19 bits per heavy atom. The number of carbonyl (C=O) groups is 2. The number of nitrogens with one attached hydrogen (secondary N) is 1. The molecular formula is C16H17NO4. The third kappa shape index (κ3) is 3.13. The zero-order valence-corrected chi connectivity index (χ0v) is 12.1. The van der Waals surface area contributed by atoms with E-state index in [-0.39, 0.29) is 17.4 Å². The lowest BCUT2D eigenvalue weighted by Crippen LogP contribution is -2.14. The van der Waals surface area contributed by atoms with E-state index in [1.54, 1.807) is 25.1 Å². The monoisotopic (exact) mass is 287 g/mol. The maximum absolute atomic E-state index is 12.2. The standard InChI is InChI=1S/C16H17NO4/c1-9(2)14-13(6-7-21-14)15(18)17-11-4-5-12(16(19)20)10(3)8-11/h4-9H,1-3H3,(H,17,18)(H,19,20). The Morgan fingerprint density at radius 3 is 2.48 bits per heavy atom. The van der Waals surface area contributed by atoms with E-state index in [2.05, 4.69) is 5.32 Å². The number of rotatable bonds is 4. The van der Waals surface area contributed by atoms with E-state index in [0.29, 0.717) is 22.6 Å². The van der Waals surface area contributed by atoms with Crippen LogP contribution in [-0.2, 0) is 0 Å². The molecule has 1 heterocycles. The van der Waals surface area contributed by atoms with E-state index in [4.69, 9.17) is 9.52 Å². The summed E-state index contributed by atoms with van der Waals surface area (Å²) < 4.78 is 5.32. The third-order valence-electron chi connectivity index (χ3n) is 3.18. The van der Waals surface area contributed by atoms with Gasteiger partial charge in [-0.25, -0.2) is 4.79 Å². The van der Waals surface area contributed by atoms with Crippen LogP contribution in [0.2, 0.25) is 0 Å². The van der Waals surface area contributed by atoms with Crippen molar-refractivity contribution < 1.29 is 19.1 Å². The molecule has 0 aliphatic rings. The number of furan rings is 1. The molecule has 0 atom stereocenters. The SMILES string of the molecule is Cc1cc(NC(=O)c2ccoc2C(C)C)ccc1C(=O)O. The highest BCUT2D eigenvalue weighted by Gasteiger charge is 2.17. The Balaban J connectivity index is 2.22. The van der Waals surface area contributed by atoms with Crippen molar-refractivity contribution in [2.75, 3.05) is 5.32 Å². The number of aromatic carboxylic acids is 1. The van der Waals surface area contributed by atoms with Gasteiger partial charge in [0.1, 0.15) is 5.76 Å². The minimum Gasteiger partial charge on any atom is -0.478 e. The fourth-order valence-electron chi connectivity index (χ4n) is 2.14. The number of carboxylic acid groups (broad SMARTS) is 1. The second-order valence-electron chi connectivity index (χ2n) is 5.14. The average Bonchev–Trinajstić information content (AvgIpc) is 2.87. The molecule has 0 bridgehead atoms. The van der Waals surface area contributed by atoms with Crippen molar-refractivity contribution in [2.45, 2.75) is 26.7 Å². The molecule has 2 N–H and O–H groups in total. The summed E-state index contributed by atoms with van der Waals surface area (Å²) in [6.07, 6.45) is 1.49. The zero-order chi connectivity index (χ0) is 15.6. The quantitative estimate of drug-likeness (QED) is 0.899. The molecule has 0 saturated heterocycles. The fraction of sp³-hybridized carbons (Fsp3) is 0.250. The molecule has 5 nitrogen and oxygen atoms in total. The molecule has 1 amide bonds. The molecule has 2 rings (SSSR count). The molecule has 2 aromatic rings. The molecule has 1 aromatic heterocycles. The van der Waals surface area contributed by atoms with Crippen LogP contribution in [0.4, 0.5) is 5.69 Å². The predicted molar refractivity (Wildman–Crippen MR) is 78.9 cm³/mol. The molecule has 0 radical (unpaired) electrons. The summed E-state index contributed by atoms with van der Waals surface area (Å²) in [7, 11) is 0. The number of amides is 1. The number of carboxylic acids is 1. The van der Waals surface area contributed by atoms with Crippen LogP contribution >= 0.6 is 0 Å². The average molecular weight is 287 g/mol. The molecule has 110 valence electrons. The van der Waals surface area contributed by atoms with Crippen molar-refractivity contribution in [3.05, 3.63) is 53.0 Å². The van der Waals surface area contributed by atoms with Gasteiger partial charge < -0.3 is 14.8 Å². The van der Waals surface area contributed by atoms with Gasteiger partial charge in [0.25, 0.3) is 5.91 Å². The molecular weight excluding hydrogens is 270 g/mol. The topological polar surface area (TPSA) is 79.5 Å². The molecule has 0 saturated carbocycles. The van der Waals surface area contributed by atoms with Crippen LogP contribution < -0.4 is 5.32 Å². The maximum atomic E-state index is 12.2. The molecule has 0 aliphatic heterocycles. The lowest BCUT2D eigenvalue weighted by atomic mass is 10.1. The van der Waals surface area contributed by atoms with Gasteiger partial charge in [0.2, 0.25) is 0 Å². The number of hydrogen-bond acceptors (Lipinski definition) is 3. The predicted octanol–water partition coefficient (Wildman–Crippen LogP) is 3.66. The van der Waals surface area contributed by atoms with Gasteiger partial charge in [-0.1, -0.05) is 13.8 Å². The van der Waals surface area contributed by atoms with E-state index in [0.717, 1.165) is 0 Å². The van der Waals surface area contributed by atoms with Gasteiger partial charge in [0.15, 0.2) is 0 Å². The Hall–Kier alpha value is -2.56. The van der Waals surface area contributed by atoms with Crippen molar-refractivity contribution >= 4 is 17.6 Å². The van der Waals surface area contributed by atoms with Crippen molar-refractivity contribution in [1.82, 2.24) is 0 Å². The highest BCUT2D eigenvalue weighted by molar-refractivity contribution is 6.05. The van der Waals surface area contributed by atoms with Crippen molar-refractivity contribution in [1.29, 1.82) is 0 Å². The summed E-state index contributed by atoms with van der Waals surface area (Å²) in [5.74, 6) is -0.513. The Bertz CT molecular complexity index is 685. The molecule has 1 aromatic carbocycles. The highest BCUT2D eigenvalue weighted by Crippen LogP contribution is 2.22. The lowest BCUT2D eigenvalue weighted by molar-refractivity contribution is 0.0696. The van der Waals surface area contributed by atoms with E-state index < -0.39 is 5.97 Å². The van der Waals surface area contributed by atoms with Crippen molar-refractivity contribution in [3.63, 3.8) is 0 Å². The first-order chi connectivity index (χ1) is 9.90. The van der Waals surface area contributed by atoms with E-state index in [1.165, 1.54) is 12.3 Å². The molecule has 21 heavy (non-hydrogen) atoms. The normalized spacial score (nSPS) is 10.7. The number of anilines is 1. The lowest BCUT2D eigenvalue weighted by Gasteiger charge is -2.09. The van der Waals surface area contributed by atoms with Gasteiger partial charge >= 0.3 is 5.97 Å². The summed E-state index contributed by atoms with van der Waals surface area (Å²) in [4.78, 5) is 23.2. The van der Waals surface area contributed by atoms with Crippen LogP contribution in [-0.4, -0.2) is 17.0 Å². The largest absolute Gasteiger partial charge is 0.478 e. The second kappa shape index (κ2) is 5.83. The van der Waals surface area contributed by atoms with Crippen LogP contribution in [0.15, 0.2) is 34.9 Å². The molecule has 0 fully saturated rings. The first-order valence-corrected chi connectivity index (χ1v) is 6.63. The summed E-state index contributed by atoms with van der Waals surface area (Å²) >= 11 is 0. The first-order valence-electron chi connectivity index (χ1n) is 6.63. The minimum absolute atomic E-state index is 0.108. The van der Waals surface area contributed by atoms with Gasteiger partial charge in [0.05, 0.1) is 17.4 Å². The molecule has 5 heteroatoms. The van der Waals surface area contributed by atoms with Crippen LogP contribution in [0.3, 0.4) is 0 Å². The van der Waals surface area contributed by atoms with Crippen LogP contribution in [0, 0.1) is 6.92 Å². The Kier molecular flexibility index (Phi) is 4.12. The van der Waals surface area contributed by atoms with Gasteiger partial charge in [-0.2, -0.15) is 0 Å². The zero-order valence-electron chi connectivity index (χ0n) is 12.1. The van der Waals surface area contributed by atoms with Crippen molar-refractivity contribution in [3.8, 4) is 0 Å². The number of aryl methyl sites for hydroxylation is 1. The van der Waals surface area contributed by atoms with E-state index in [9.17, 15) is 9.59 Å². The van der Waals surface area contributed by atoms with Gasteiger partial charge in [-0.15, -0.1) is 0 Å². The Morgan fingerprint density at radius 2 is 1.90 bits per heavy atom. The van der Waals surface area contributed by atoms with Gasteiger partial charge in [-0.3, -0.25) is 4.79 Å². The number of hydrogen-bond donors (Lipinski definition) is 2. The summed E-state index contributed by atoms with van der Waals surface area (Å²) in [5.41, 5.74) is 1.86. The van der Waals surface area contributed by atoms with E-state index in [1.807, 2.05) is 13.8 Å². The number of benzene rings is 1. The highest BCUT2D eigenvalue weighted by atomic mass is 16.4. The third-order valence-corrected chi connectivity index (χ3v) is 3.18. The molecule has 0 spiro atoms. The summed E-state index contributed by atoms with van der Waals surface area (Å²) in [6.45, 7) is 5.58. The summed E-state index contributed by atoms with van der Waals surface area (Å²) in [6, 6.07) is 6.31. The molecule has 0 unspecified atom stereocenters. The minimum atomic E-state index is -0.984. The van der Waals surface area contributed by atoms with Crippen molar-refractivity contribution in [2.24, 2.45) is 0 Å². The molecule has 0 aliphatic carbocycles. The summed E-state index contributed by atoms with van der Waals surface area (Å²) in [5, 5.41) is 11.7. The van der Waals surface area contributed by atoms with Crippen LogP contribution in [0.1, 0.15) is 51.8 Å². The maximum Gasteiger partial charge on any atom is 0.335 e. The first kappa shape index (κ1) is 14.8. The fourth-order valence-corrected chi connectivity index (χ4v) is 2.14. The second-order valence-corrected chi connectivity index (χ2v) is 5.14.